The molecule has 3 atom stereocenters. The van der Waals surface area contributed by atoms with Gasteiger partial charge in [-0.2, -0.15) is 0 Å². The molecule has 3 unspecified atom stereocenters. The van der Waals surface area contributed by atoms with E-state index in [0.717, 1.165) is 32.6 Å². The first kappa shape index (κ1) is 15.1. The van der Waals surface area contributed by atoms with Gasteiger partial charge in [-0.05, 0) is 44.7 Å². The Balaban J connectivity index is 0.00000133. The van der Waals surface area contributed by atoms with Gasteiger partial charge in [0.15, 0.2) is 0 Å². The molecule has 3 rings (SSSR count). The van der Waals surface area contributed by atoms with Gasteiger partial charge in [0.1, 0.15) is 0 Å². The summed E-state index contributed by atoms with van der Waals surface area (Å²) < 4.78 is 0. The number of nitrogens with one attached hydrogen (secondary N) is 1. The molecule has 0 saturated carbocycles. The summed E-state index contributed by atoms with van der Waals surface area (Å²) in [6.07, 6.45) is 4.81. The number of carbonyl (C=O) groups excluding carboxylic acids is 1. The Bertz CT molecular complexity index is 326. The van der Waals surface area contributed by atoms with E-state index in [1.807, 2.05) is 0 Å². The Labute approximate surface area is 122 Å². The molecule has 0 aromatic heterocycles. The third kappa shape index (κ3) is 3.23. The predicted molar refractivity (Wildman–Crippen MR) is 78.6 cm³/mol. The maximum atomic E-state index is 12.5. The van der Waals surface area contributed by atoms with Crippen LogP contribution in [0.25, 0.3) is 0 Å². The maximum Gasteiger partial charge on any atom is 0.239 e. The number of piperazine rings is 1. The molecule has 3 aliphatic rings. The number of halogens is 1. The monoisotopic (exact) mass is 287 g/mol. The third-order valence-electron chi connectivity index (χ3n) is 4.86. The normalized spacial score (nSPS) is 35.6. The van der Waals surface area contributed by atoms with Crippen LogP contribution in [-0.4, -0.2) is 60.5 Å². The lowest BCUT2D eigenvalue weighted by Gasteiger charge is -2.40. The molecule has 1 N–H and O–H groups in total. The van der Waals surface area contributed by atoms with Crippen molar-refractivity contribution in [3.05, 3.63) is 0 Å². The molecule has 0 aromatic carbocycles. The molecule has 3 heterocycles. The van der Waals surface area contributed by atoms with Gasteiger partial charge in [0.05, 0.1) is 6.04 Å². The van der Waals surface area contributed by atoms with Crippen LogP contribution in [0, 0.1) is 5.92 Å². The van der Waals surface area contributed by atoms with E-state index in [2.05, 4.69) is 22.0 Å². The van der Waals surface area contributed by atoms with Crippen LogP contribution in [0.5, 0.6) is 0 Å². The Morgan fingerprint density at radius 1 is 1.21 bits per heavy atom. The first-order chi connectivity index (χ1) is 8.74. The van der Waals surface area contributed by atoms with Crippen LogP contribution in [0.4, 0.5) is 0 Å². The quantitative estimate of drug-likeness (QED) is 0.785. The van der Waals surface area contributed by atoms with E-state index in [0.29, 0.717) is 17.9 Å². The minimum absolute atomic E-state index is 0. The lowest BCUT2D eigenvalue weighted by atomic mass is 9.93. The highest BCUT2D eigenvalue weighted by Crippen LogP contribution is 2.23. The van der Waals surface area contributed by atoms with E-state index in [-0.39, 0.29) is 18.4 Å². The third-order valence-corrected chi connectivity index (χ3v) is 4.86. The average molecular weight is 288 g/mol. The summed E-state index contributed by atoms with van der Waals surface area (Å²) in [5.74, 6) is 1.04. The Morgan fingerprint density at radius 3 is 2.84 bits per heavy atom. The van der Waals surface area contributed by atoms with Crippen molar-refractivity contribution in [2.24, 2.45) is 5.92 Å². The fourth-order valence-corrected chi connectivity index (χ4v) is 3.71. The summed E-state index contributed by atoms with van der Waals surface area (Å²) in [6.45, 7) is 7.48. The second-order valence-corrected chi connectivity index (χ2v) is 6.25. The lowest BCUT2D eigenvalue weighted by molar-refractivity contribution is -0.137. The summed E-state index contributed by atoms with van der Waals surface area (Å²) in [5.41, 5.74) is 0. The van der Waals surface area contributed by atoms with Gasteiger partial charge in [-0.3, -0.25) is 9.69 Å². The zero-order valence-electron chi connectivity index (χ0n) is 11.8. The molecule has 0 bridgehead atoms. The van der Waals surface area contributed by atoms with Gasteiger partial charge in [0.2, 0.25) is 5.91 Å². The maximum absolute atomic E-state index is 12.5. The number of nitrogens with zero attached hydrogens (tertiary/aromatic N) is 2. The molecule has 0 radical (unpaired) electrons. The van der Waals surface area contributed by atoms with Crippen LogP contribution in [0.3, 0.4) is 0 Å². The molecular formula is C14H26ClN3O. The zero-order valence-corrected chi connectivity index (χ0v) is 12.6. The van der Waals surface area contributed by atoms with Crippen LogP contribution in [-0.2, 0) is 4.79 Å². The van der Waals surface area contributed by atoms with Crippen molar-refractivity contribution in [1.29, 1.82) is 0 Å². The van der Waals surface area contributed by atoms with Crippen molar-refractivity contribution in [2.45, 2.75) is 44.7 Å². The van der Waals surface area contributed by atoms with Gasteiger partial charge < -0.3 is 10.2 Å². The first-order valence-electron chi connectivity index (χ1n) is 7.50. The van der Waals surface area contributed by atoms with Crippen molar-refractivity contribution in [2.75, 3.05) is 32.7 Å². The molecule has 3 aliphatic heterocycles. The SMILES string of the molecule is CC1CCNC(C(=O)N2CCN3CCCC3C2)C1.Cl. The minimum Gasteiger partial charge on any atom is -0.338 e. The Hall–Kier alpha value is -0.320. The minimum atomic E-state index is 0. The number of piperidine rings is 1. The molecule has 4 nitrogen and oxygen atoms in total. The highest BCUT2D eigenvalue weighted by Gasteiger charge is 2.35. The van der Waals surface area contributed by atoms with E-state index in [1.165, 1.54) is 25.8 Å². The highest BCUT2D eigenvalue weighted by molar-refractivity contribution is 5.85. The molecular weight excluding hydrogens is 262 g/mol. The molecule has 3 fully saturated rings. The summed E-state index contributed by atoms with van der Waals surface area (Å²) in [4.78, 5) is 17.2. The van der Waals surface area contributed by atoms with Crippen LogP contribution in [0.2, 0.25) is 0 Å². The van der Waals surface area contributed by atoms with Crippen molar-refractivity contribution >= 4 is 18.3 Å². The number of rotatable bonds is 1. The molecule has 1 amide bonds. The highest BCUT2D eigenvalue weighted by atomic mass is 35.5. The zero-order chi connectivity index (χ0) is 12.5. The summed E-state index contributed by atoms with van der Waals surface area (Å²) in [7, 11) is 0. The standard InChI is InChI=1S/C14H25N3O.ClH/c1-11-4-5-15-13(9-11)14(18)17-8-7-16-6-2-3-12(16)10-17;/h11-13,15H,2-10H2,1H3;1H. The Morgan fingerprint density at radius 2 is 2.05 bits per heavy atom. The van der Waals surface area contributed by atoms with Gasteiger partial charge >= 0.3 is 0 Å². The van der Waals surface area contributed by atoms with Crippen LogP contribution in [0.1, 0.15) is 32.6 Å². The fraction of sp³-hybridized carbons (Fsp3) is 0.929. The van der Waals surface area contributed by atoms with Crippen LogP contribution < -0.4 is 5.32 Å². The topological polar surface area (TPSA) is 35.6 Å². The second kappa shape index (κ2) is 6.42. The summed E-state index contributed by atoms with van der Waals surface area (Å²) >= 11 is 0. The van der Waals surface area contributed by atoms with Gasteiger partial charge in [-0.1, -0.05) is 6.92 Å². The second-order valence-electron chi connectivity index (χ2n) is 6.25. The van der Waals surface area contributed by atoms with Crippen LogP contribution in [0.15, 0.2) is 0 Å². The van der Waals surface area contributed by atoms with E-state index in [4.69, 9.17) is 0 Å². The van der Waals surface area contributed by atoms with E-state index < -0.39 is 0 Å². The van der Waals surface area contributed by atoms with E-state index >= 15 is 0 Å². The number of fused-ring (bicyclic) bond motifs is 1. The van der Waals surface area contributed by atoms with Gasteiger partial charge in [-0.15, -0.1) is 12.4 Å². The molecule has 5 heteroatoms. The molecule has 0 spiro atoms. The van der Waals surface area contributed by atoms with Crippen molar-refractivity contribution in [3.63, 3.8) is 0 Å². The molecule has 0 aliphatic carbocycles. The largest absolute Gasteiger partial charge is 0.338 e. The number of amides is 1. The molecule has 110 valence electrons. The van der Waals surface area contributed by atoms with Crippen LogP contribution >= 0.6 is 12.4 Å². The number of hydrogen-bond acceptors (Lipinski definition) is 3. The Kier molecular flexibility index (Phi) is 5.09. The number of carbonyl (C=O) groups is 1. The lowest BCUT2D eigenvalue weighted by Crippen LogP contribution is -2.57. The average Bonchev–Trinajstić information content (AvgIpc) is 2.85. The smallest absolute Gasteiger partial charge is 0.239 e. The summed E-state index contributed by atoms with van der Waals surface area (Å²) in [5, 5.41) is 3.40. The van der Waals surface area contributed by atoms with Crippen molar-refractivity contribution < 1.29 is 4.79 Å². The van der Waals surface area contributed by atoms with Crippen molar-refractivity contribution in [3.8, 4) is 0 Å². The van der Waals surface area contributed by atoms with Gasteiger partial charge in [-0.25, -0.2) is 0 Å². The number of hydrogen-bond donors (Lipinski definition) is 1. The van der Waals surface area contributed by atoms with E-state index in [1.54, 1.807) is 0 Å². The first-order valence-corrected chi connectivity index (χ1v) is 7.50. The van der Waals surface area contributed by atoms with Crippen molar-refractivity contribution in [1.82, 2.24) is 15.1 Å². The molecule has 0 aromatic rings. The van der Waals surface area contributed by atoms with Gasteiger partial charge in [0.25, 0.3) is 0 Å². The fourth-order valence-electron chi connectivity index (χ4n) is 3.71. The van der Waals surface area contributed by atoms with E-state index in [9.17, 15) is 4.79 Å². The van der Waals surface area contributed by atoms with Gasteiger partial charge in [0, 0.05) is 25.7 Å². The molecule has 3 saturated heterocycles. The predicted octanol–water partition coefficient (Wildman–Crippen LogP) is 1.10. The molecule has 19 heavy (non-hydrogen) atoms. The summed E-state index contributed by atoms with van der Waals surface area (Å²) in [6, 6.07) is 0.727.